The van der Waals surface area contributed by atoms with E-state index in [9.17, 15) is 13.2 Å². The van der Waals surface area contributed by atoms with E-state index in [-0.39, 0.29) is 18.5 Å². The molecule has 0 spiro atoms. The van der Waals surface area contributed by atoms with Crippen LogP contribution < -0.4 is 4.72 Å². The van der Waals surface area contributed by atoms with Gasteiger partial charge in [0.15, 0.2) is 0 Å². The number of aryl methyl sites for hydroxylation is 1. The molecule has 1 aliphatic heterocycles. The predicted octanol–water partition coefficient (Wildman–Crippen LogP) is 1.37. The van der Waals surface area contributed by atoms with Crippen molar-refractivity contribution < 1.29 is 13.2 Å². The van der Waals surface area contributed by atoms with Crippen molar-refractivity contribution in [2.75, 3.05) is 13.1 Å². The largest absolute Gasteiger partial charge is 0.337 e. The molecule has 1 aromatic heterocycles. The van der Waals surface area contributed by atoms with Gasteiger partial charge in [0.1, 0.15) is 0 Å². The number of carbonyl (C=O) groups excluding carboxylic acids is 1. The Balaban J connectivity index is 1.65. The summed E-state index contributed by atoms with van der Waals surface area (Å²) in [4.78, 5) is 14.3. The lowest BCUT2D eigenvalue weighted by Gasteiger charge is -2.32. The second-order valence-electron chi connectivity index (χ2n) is 6.74. The van der Waals surface area contributed by atoms with Crippen LogP contribution in [0.2, 0.25) is 0 Å². The SMILES string of the molecule is CCn1cc(C(=O)N2CCCC(S(=O)(=O)NC3CCCC3)C2)cn1. The monoisotopic (exact) mass is 354 g/mol. The third-order valence-corrected chi connectivity index (χ3v) is 6.92. The van der Waals surface area contributed by atoms with Gasteiger partial charge in [-0.3, -0.25) is 9.48 Å². The maximum atomic E-state index is 12.6. The maximum absolute atomic E-state index is 12.6. The van der Waals surface area contributed by atoms with E-state index in [4.69, 9.17) is 0 Å². The van der Waals surface area contributed by atoms with Crippen LogP contribution in [0.5, 0.6) is 0 Å². The number of sulfonamides is 1. The number of aromatic nitrogens is 2. The van der Waals surface area contributed by atoms with Crippen molar-refractivity contribution in [1.29, 1.82) is 0 Å². The van der Waals surface area contributed by atoms with Gasteiger partial charge in [0.05, 0.1) is 17.0 Å². The van der Waals surface area contributed by atoms with E-state index in [1.54, 1.807) is 22.0 Å². The van der Waals surface area contributed by atoms with E-state index in [0.717, 1.165) is 25.7 Å². The normalized spacial score (nSPS) is 22.9. The molecule has 1 saturated heterocycles. The Bertz CT molecular complexity index is 679. The first-order chi connectivity index (χ1) is 11.5. The Hall–Kier alpha value is -1.41. The Kier molecular flexibility index (Phi) is 5.24. The summed E-state index contributed by atoms with van der Waals surface area (Å²) in [6.07, 6.45) is 8.62. The number of piperidine rings is 1. The van der Waals surface area contributed by atoms with Crippen LogP contribution in [0.3, 0.4) is 0 Å². The van der Waals surface area contributed by atoms with Crippen molar-refractivity contribution in [1.82, 2.24) is 19.4 Å². The lowest BCUT2D eigenvalue weighted by Crippen LogP contribution is -2.49. The molecular weight excluding hydrogens is 328 g/mol. The summed E-state index contributed by atoms with van der Waals surface area (Å²) in [5.41, 5.74) is 0.527. The molecule has 1 saturated carbocycles. The molecular formula is C16H26N4O3S. The van der Waals surface area contributed by atoms with Crippen LogP contribution in [-0.4, -0.2) is 53.4 Å². The van der Waals surface area contributed by atoms with Crippen LogP contribution >= 0.6 is 0 Å². The predicted molar refractivity (Wildman–Crippen MR) is 91.1 cm³/mol. The van der Waals surface area contributed by atoms with Gasteiger partial charge < -0.3 is 4.90 Å². The second kappa shape index (κ2) is 7.23. The van der Waals surface area contributed by atoms with Crippen LogP contribution in [0.4, 0.5) is 0 Å². The molecule has 1 atom stereocenters. The number of hydrogen-bond acceptors (Lipinski definition) is 4. The third-order valence-electron chi connectivity index (χ3n) is 4.99. The number of nitrogens with zero attached hydrogens (tertiary/aromatic N) is 3. The summed E-state index contributed by atoms with van der Waals surface area (Å²) < 4.78 is 29.8. The minimum absolute atomic E-state index is 0.0730. The number of hydrogen-bond donors (Lipinski definition) is 1. The highest BCUT2D eigenvalue weighted by Gasteiger charge is 2.35. The first-order valence-corrected chi connectivity index (χ1v) is 10.4. The van der Waals surface area contributed by atoms with Gasteiger partial charge >= 0.3 is 0 Å². The molecule has 2 fully saturated rings. The minimum atomic E-state index is -3.38. The van der Waals surface area contributed by atoms with Crippen LogP contribution in [-0.2, 0) is 16.6 Å². The van der Waals surface area contributed by atoms with E-state index in [1.165, 1.54) is 0 Å². The summed E-state index contributed by atoms with van der Waals surface area (Å²) in [5.74, 6) is -0.129. The molecule has 24 heavy (non-hydrogen) atoms. The average Bonchev–Trinajstić information content (AvgIpc) is 3.25. The minimum Gasteiger partial charge on any atom is -0.337 e. The first kappa shape index (κ1) is 17.4. The summed E-state index contributed by atoms with van der Waals surface area (Å²) in [5, 5.41) is 3.61. The first-order valence-electron chi connectivity index (χ1n) is 8.82. The van der Waals surface area contributed by atoms with Gasteiger partial charge in [-0.25, -0.2) is 13.1 Å². The number of carbonyl (C=O) groups is 1. The molecule has 7 nitrogen and oxygen atoms in total. The fourth-order valence-corrected chi connectivity index (χ4v) is 5.32. The van der Waals surface area contributed by atoms with E-state index in [0.29, 0.717) is 31.5 Å². The van der Waals surface area contributed by atoms with Crippen LogP contribution in [0, 0.1) is 0 Å². The molecule has 1 amide bonds. The number of nitrogens with one attached hydrogen (secondary N) is 1. The molecule has 1 aromatic rings. The molecule has 0 aromatic carbocycles. The van der Waals surface area contributed by atoms with Crippen molar-refractivity contribution in [3.8, 4) is 0 Å². The Morgan fingerprint density at radius 3 is 2.71 bits per heavy atom. The molecule has 0 bridgehead atoms. The maximum Gasteiger partial charge on any atom is 0.257 e. The van der Waals surface area contributed by atoms with Gasteiger partial charge in [-0.1, -0.05) is 12.8 Å². The molecule has 134 valence electrons. The number of rotatable bonds is 5. The summed E-state index contributed by atoms with van der Waals surface area (Å²) >= 11 is 0. The van der Waals surface area contributed by atoms with Crippen LogP contribution in [0.15, 0.2) is 12.4 Å². The van der Waals surface area contributed by atoms with Gasteiger partial charge in [0, 0.05) is 31.9 Å². The molecule has 1 unspecified atom stereocenters. The highest BCUT2D eigenvalue weighted by molar-refractivity contribution is 7.90. The van der Waals surface area contributed by atoms with Crippen molar-refractivity contribution >= 4 is 15.9 Å². The third kappa shape index (κ3) is 3.80. The van der Waals surface area contributed by atoms with Crippen molar-refractivity contribution in [2.24, 2.45) is 0 Å². The lowest BCUT2D eigenvalue weighted by molar-refractivity contribution is 0.0726. The Labute approximate surface area is 143 Å². The van der Waals surface area contributed by atoms with Crippen LogP contribution in [0.1, 0.15) is 55.8 Å². The fraction of sp³-hybridized carbons (Fsp3) is 0.750. The highest BCUT2D eigenvalue weighted by atomic mass is 32.2. The molecule has 0 radical (unpaired) electrons. The zero-order valence-electron chi connectivity index (χ0n) is 14.1. The summed E-state index contributed by atoms with van der Waals surface area (Å²) in [6.45, 7) is 3.53. The van der Waals surface area contributed by atoms with Crippen molar-refractivity contribution in [2.45, 2.75) is 63.3 Å². The van der Waals surface area contributed by atoms with E-state index >= 15 is 0 Å². The smallest absolute Gasteiger partial charge is 0.257 e. The highest BCUT2D eigenvalue weighted by Crippen LogP contribution is 2.23. The molecule has 3 rings (SSSR count). The fourth-order valence-electron chi connectivity index (χ4n) is 3.58. The van der Waals surface area contributed by atoms with Gasteiger partial charge in [0.25, 0.3) is 5.91 Å². The van der Waals surface area contributed by atoms with Gasteiger partial charge in [-0.2, -0.15) is 5.10 Å². The average molecular weight is 354 g/mol. The van der Waals surface area contributed by atoms with Gasteiger partial charge in [-0.05, 0) is 32.6 Å². The summed E-state index contributed by atoms with van der Waals surface area (Å²) in [7, 11) is -3.38. The molecule has 1 N–H and O–H groups in total. The van der Waals surface area contributed by atoms with E-state index in [1.807, 2.05) is 6.92 Å². The lowest BCUT2D eigenvalue weighted by atomic mass is 10.1. The molecule has 2 heterocycles. The molecule has 8 heteroatoms. The summed E-state index contributed by atoms with van der Waals surface area (Å²) in [6, 6.07) is 0.0730. The molecule has 1 aliphatic carbocycles. The zero-order valence-corrected chi connectivity index (χ0v) is 15.0. The van der Waals surface area contributed by atoms with Crippen molar-refractivity contribution in [3.05, 3.63) is 18.0 Å². The quantitative estimate of drug-likeness (QED) is 0.865. The Morgan fingerprint density at radius 2 is 2.04 bits per heavy atom. The van der Waals surface area contributed by atoms with Crippen molar-refractivity contribution in [3.63, 3.8) is 0 Å². The topological polar surface area (TPSA) is 84.3 Å². The number of amides is 1. The zero-order chi connectivity index (χ0) is 17.2. The standard InChI is InChI=1S/C16H26N4O3S/c1-2-20-11-13(10-17-20)16(21)19-9-5-8-15(12-19)24(22,23)18-14-6-3-4-7-14/h10-11,14-15,18H,2-9,12H2,1H3. The van der Waals surface area contributed by atoms with Gasteiger partial charge in [-0.15, -0.1) is 0 Å². The number of likely N-dealkylation sites (tertiary alicyclic amines) is 1. The molecule has 2 aliphatic rings. The van der Waals surface area contributed by atoms with E-state index in [2.05, 4.69) is 9.82 Å². The van der Waals surface area contributed by atoms with Crippen LogP contribution in [0.25, 0.3) is 0 Å². The second-order valence-corrected chi connectivity index (χ2v) is 8.74. The Morgan fingerprint density at radius 1 is 1.29 bits per heavy atom. The van der Waals surface area contributed by atoms with Gasteiger partial charge in [0.2, 0.25) is 10.0 Å². The van der Waals surface area contributed by atoms with E-state index < -0.39 is 15.3 Å².